The molecule has 1 aromatic heterocycles. The third-order valence-corrected chi connectivity index (χ3v) is 5.85. The first kappa shape index (κ1) is 14.7. The number of thiophene rings is 1. The molecule has 2 aliphatic heterocycles. The lowest BCUT2D eigenvalue weighted by molar-refractivity contribution is -0.383. The molecule has 0 bridgehead atoms. The van der Waals surface area contributed by atoms with Gasteiger partial charge in [-0.2, -0.15) is 0 Å². The van der Waals surface area contributed by atoms with Crippen LogP contribution in [0.2, 0.25) is 0 Å². The zero-order valence-electron chi connectivity index (χ0n) is 12.4. The number of hydrogen-bond donors (Lipinski definition) is 1. The summed E-state index contributed by atoms with van der Waals surface area (Å²) in [6.07, 6.45) is 1.73. The largest absolute Gasteiger partial charge is 0.388 e. The fourth-order valence-corrected chi connectivity index (χ4v) is 4.58. The van der Waals surface area contributed by atoms with Crippen molar-refractivity contribution < 1.29 is 10.0 Å². The van der Waals surface area contributed by atoms with Crippen LogP contribution in [0.3, 0.4) is 0 Å². The Morgan fingerprint density at radius 1 is 1.52 bits per heavy atom. The van der Waals surface area contributed by atoms with Gasteiger partial charge < -0.3 is 10.0 Å². The maximum absolute atomic E-state index is 11.3. The van der Waals surface area contributed by atoms with Gasteiger partial charge in [-0.25, -0.2) is 0 Å². The van der Waals surface area contributed by atoms with Crippen molar-refractivity contribution >= 4 is 22.0 Å². The number of nitrogens with zero attached hydrogens (tertiary/aromatic N) is 3. The summed E-state index contributed by atoms with van der Waals surface area (Å²) < 4.78 is 0. The van der Waals surface area contributed by atoms with Crippen LogP contribution in [-0.4, -0.2) is 46.6 Å². The molecule has 0 spiro atoms. The second kappa shape index (κ2) is 5.55. The molecule has 3 heterocycles. The van der Waals surface area contributed by atoms with Crippen molar-refractivity contribution in [2.45, 2.75) is 44.9 Å². The van der Waals surface area contributed by atoms with E-state index >= 15 is 0 Å². The van der Waals surface area contributed by atoms with Gasteiger partial charge in [0.05, 0.1) is 11.0 Å². The number of aliphatic hydroxyl groups excluding tert-OH is 1. The fourth-order valence-electron chi connectivity index (χ4n) is 3.40. The number of nitro groups is 1. The summed E-state index contributed by atoms with van der Waals surface area (Å²) in [4.78, 5) is 16.3. The van der Waals surface area contributed by atoms with Gasteiger partial charge in [-0.1, -0.05) is 0 Å². The second-order valence-corrected chi connectivity index (χ2v) is 7.13. The van der Waals surface area contributed by atoms with Gasteiger partial charge >= 0.3 is 5.69 Å². The summed E-state index contributed by atoms with van der Waals surface area (Å²) >= 11 is 1.36. The lowest BCUT2D eigenvalue weighted by atomic mass is 10.1. The van der Waals surface area contributed by atoms with Crippen molar-refractivity contribution in [3.05, 3.63) is 21.1 Å². The summed E-state index contributed by atoms with van der Waals surface area (Å²) in [7, 11) is 0. The first-order valence-electron chi connectivity index (χ1n) is 7.44. The molecule has 2 aliphatic rings. The first-order chi connectivity index (χ1) is 9.97. The highest BCUT2D eigenvalue weighted by Crippen LogP contribution is 2.42. The first-order valence-corrected chi connectivity index (χ1v) is 8.26. The van der Waals surface area contributed by atoms with E-state index in [1.165, 1.54) is 30.2 Å². The van der Waals surface area contributed by atoms with Crippen molar-refractivity contribution in [1.29, 1.82) is 0 Å². The molecule has 3 rings (SSSR count). The van der Waals surface area contributed by atoms with E-state index in [1.807, 2.05) is 0 Å². The number of rotatable bonds is 3. The molecule has 7 heteroatoms. The van der Waals surface area contributed by atoms with Crippen LogP contribution in [0.15, 0.2) is 6.07 Å². The highest BCUT2D eigenvalue weighted by Gasteiger charge is 2.37. The van der Waals surface area contributed by atoms with Crippen LogP contribution in [0, 0.1) is 10.1 Å². The molecule has 21 heavy (non-hydrogen) atoms. The minimum Gasteiger partial charge on any atom is -0.388 e. The molecule has 2 unspecified atom stereocenters. The number of piperazine rings is 1. The Labute approximate surface area is 128 Å². The van der Waals surface area contributed by atoms with E-state index in [4.69, 9.17) is 0 Å². The lowest BCUT2D eigenvalue weighted by Gasteiger charge is -2.42. The molecule has 1 N–H and O–H groups in total. The Hall–Kier alpha value is -1.18. The van der Waals surface area contributed by atoms with E-state index in [9.17, 15) is 15.2 Å². The van der Waals surface area contributed by atoms with Crippen molar-refractivity contribution in [3.8, 4) is 0 Å². The van der Waals surface area contributed by atoms with Crippen LogP contribution in [0.4, 0.5) is 10.7 Å². The van der Waals surface area contributed by atoms with Gasteiger partial charge in [-0.3, -0.25) is 15.0 Å². The number of hydrogen-bond acceptors (Lipinski definition) is 6. The zero-order chi connectivity index (χ0) is 15.1. The van der Waals surface area contributed by atoms with Crippen LogP contribution in [0.5, 0.6) is 0 Å². The Balaban J connectivity index is 1.93. The number of aliphatic hydroxyl groups is 1. The third-order valence-electron chi connectivity index (χ3n) is 4.52. The van der Waals surface area contributed by atoms with Crippen LogP contribution >= 0.6 is 11.3 Å². The third kappa shape index (κ3) is 2.65. The van der Waals surface area contributed by atoms with Gasteiger partial charge in [0.2, 0.25) is 0 Å². The molecule has 0 saturated carbocycles. The predicted molar refractivity (Wildman–Crippen MR) is 83.0 cm³/mol. The van der Waals surface area contributed by atoms with Gasteiger partial charge in [-0.15, -0.1) is 11.3 Å². The van der Waals surface area contributed by atoms with E-state index in [0.717, 1.165) is 19.6 Å². The Kier molecular flexibility index (Phi) is 3.90. The van der Waals surface area contributed by atoms with Gasteiger partial charge in [0.15, 0.2) is 5.00 Å². The van der Waals surface area contributed by atoms with Crippen LogP contribution < -0.4 is 4.90 Å². The van der Waals surface area contributed by atoms with Gasteiger partial charge in [0.25, 0.3) is 0 Å². The Morgan fingerprint density at radius 3 is 2.95 bits per heavy atom. The standard InChI is InChI=1S/C14H21N3O3S/c1-9-7-15-5-3-4-11(15)8-16(9)14-12(17(19)20)6-13(21-14)10(2)18/h6,9-11,18H,3-5,7-8H2,1-2H3/t9?,10-,11?/m1/s1. The van der Waals surface area contributed by atoms with E-state index in [1.54, 1.807) is 6.92 Å². The molecule has 2 fully saturated rings. The lowest BCUT2D eigenvalue weighted by Crippen LogP contribution is -2.55. The molecule has 0 amide bonds. The quantitative estimate of drug-likeness (QED) is 0.685. The average Bonchev–Trinajstić information content (AvgIpc) is 3.02. The van der Waals surface area contributed by atoms with E-state index in [-0.39, 0.29) is 16.7 Å². The number of fused-ring (bicyclic) bond motifs is 1. The molecule has 2 saturated heterocycles. The maximum atomic E-state index is 11.3. The van der Waals surface area contributed by atoms with Crippen LogP contribution in [-0.2, 0) is 0 Å². The van der Waals surface area contributed by atoms with E-state index < -0.39 is 6.10 Å². The highest BCUT2D eigenvalue weighted by molar-refractivity contribution is 7.16. The smallest absolute Gasteiger partial charge is 0.304 e. The monoisotopic (exact) mass is 311 g/mol. The topological polar surface area (TPSA) is 69.8 Å². The minimum absolute atomic E-state index is 0.134. The summed E-state index contributed by atoms with van der Waals surface area (Å²) in [5, 5.41) is 21.8. The van der Waals surface area contributed by atoms with Crippen molar-refractivity contribution in [3.63, 3.8) is 0 Å². The molecule has 1 aromatic rings. The van der Waals surface area contributed by atoms with Crippen LogP contribution in [0.25, 0.3) is 0 Å². The maximum Gasteiger partial charge on any atom is 0.304 e. The van der Waals surface area contributed by atoms with E-state index in [2.05, 4.69) is 16.7 Å². The summed E-state index contributed by atoms with van der Waals surface area (Å²) in [5.74, 6) is 0. The summed E-state index contributed by atoms with van der Waals surface area (Å²) in [6, 6.07) is 2.30. The highest BCUT2D eigenvalue weighted by atomic mass is 32.1. The van der Waals surface area contributed by atoms with Gasteiger partial charge in [0.1, 0.15) is 0 Å². The van der Waals surface area contributed by atoms with E-state index in [0.29, 0.717) is 15.9 Å². The summed E-state index contributed by atoms with van der Waals surface area (Å²) in [5.41, 5.74) is 0.134. The Morgan fingerprint density at radius 2 is 2.29 bits per heavy atom. The summed E-state index contributed by atoms with van der Waals surface area (Å²) in [6.45, 7) is 6.73. The molecular weight excluding hydrogens is 290 g/mol. The van der Waals surface area contributed by atoms with Crippen LogP contribution in [0.1, 0.15) is 37.7 Å². The predicted octanol–water partition coefficient (Wildman–Crippen LogP) is 2.38. The molecule has 116 valence electrons. The van der Waals surface area contributed by atoms with Gasteiger partial charge in [-0.05, 0) is 33.2 Å². The minimum atomic E-state index is -0.662. The van der Waals surface area contributed by atoms with Gasteiger partial charge in [0, 0.05) is 36.1 Å². The molecule has 0 aromatic carbocycles. The normalized spacial score (nSPS) is 27.7. The molecule has 6 nitrogen and oxygen atoms in total. The SMILES string of the molecule is CC1CN2CCCC2CN1c1sc([C@@H](C)O)cc1[N+](=O)[O-]. The zero-order valence-corrected chi connectivity index (χ0v) is 13.2. The molecule has 3 atom stereocenters. The Bertz CT molecular complexity index is 546. The van der Waals surface area contributed by atoms with Crippen molar-refractivity contribution in [1.82, 2.24) is 4.90 Å². The van der Waals surface area contributed by atoms with Crippen molar-refractivity contribution in [2.75, 3.05) is 24.5 Å². The van der Waals surface area contributed by atoms with Crippen molar-refractivity contribution in [2.24, 2.45) is 0 Å². The number of anilines is 1. The molecular formula is C14H21N3O3S. The molecule has 0 radical (unpaired) electrons. The second-order valence-electron chi connectivity index (χ2n) is 6.06. The average molecular weight is 311 g/mol. The fraction of sp³-hybridized carbons (Fsp3) is 0.714. The molecule has 0 aliphatic carbocycles.